The van der Waals surface area contributed by atoms with Crippen molar-refractivity contribution in [3.05, 3.63) is 0 Å². The Balaban J connectivity index is 4.23. The molecule has 0 saturated carbocycles. The van der Waals surface area contributed by atoms with E-state index in [0.717, 1.165) is 0 Å². The van der Waals surface area contributed by atoms with Gasteiger partial charge in [-0.1, -0.05) is 27.7 Å². The Labute approximate surface area is 105 Å². The van der Waals surface area contributed by atoms with Gasteiger partial charge in [0.15, 0.2) is 0 Å². The van der Waals surface area contributed by atoms with E-state index in [9.17, 15) is 9.90 Å². The minimum Gasteiger partial charge on any atom is -0.392 e. The average molecular weight is 244 g/mol. The maximum Gasteiger partial charge on any atom is 0.315 e. The number of carbonyl (C=O) groups excluding carboxylic acids is 1. The molecular weight excluding hydrogens is 216 g/mol. The number of hydrogen-bond acceptors (Lipinski definition) is 2. The number of rotatable bonds is 4. The molecule has 0 radical (unpaired) electrons. The van der Waals surface area contributed by atoms with Crippen LogP contribution in [0.5, 0.6) is 0 Å². The molecule has 0 bridgehead atoms. The van der Waals surface area contributed by atoms with Gasteiger partial charge in [-0.15, -0.1) is 0 Å². The number of aliphatic hydroxyl groups excluding tert-OH is 1. The van der Waals surface area contributed by atoms with Crippen molar-refractivity contribution >= 4 is 6.03 Å². The van der Waals surface area contributed by atoms with Crippen molar-refractivity contribution in [2.24, 2.45) is 11.3 Å². The summed E-state index contributed by atoms with van der Waals surface area (Å²) in [6, 6.07) is -0.193. The first kappa shape index (κ1) is 16.2. The van der Waals surface area contributed by atoms with Crippen LogP contribution in [0.1, 0.15) is 48.5 Å². The number of hydrogen-bond donors (Lipinski definition) is 3. The molecule has 0 aliphatic heterocycles. The first-order chi connectivity index (χ1) is 7.46. The smallest absolute Gasteiger partial charge is 0.315 e. The molecule has 3 N–H and O–H groups in total. The molecule has 0 aromatic rings. The molecule has 0 saturated heterocycles. The van der Waals surface area contributed by atoms with Crippen LogP contribution in [0.3, 0.4) is 0 Å². The average Bonchev–Trinajstić information content (AvgIpc) is 2.11. The number of aliphatic hydroxyl groups is 1. The van der Waals surface area contributed by atoms with E-state index in [4.69, 9.17) is 0 Å². The molecule has 2 amide bonds. The molecule has 4 heteroatoms. The lowest BCUT2D eigenvalue weighted by atomic mass is 9.81. The molecule has 102 valence electrons. The third-order valence-corrected chi connectivity index (χ3v) is 2.63. The van der Waals surface area contributed by atoms with Crippen molar-refractivity contribution in [2.75, 3.05) is 6.54 Å². The standard InChI is InChI=1S/C13H28N2O2/c1-9(2)10(16)13(6,7)8-14-11(17)15-12(3,4)5/h9-10,16H,8H2,1-7H3,(H2,14,15,17). The second-order valence-electron chi connectivity index (χ2n) is 6.74. The van der Waals surface area contributed by atoms with Crippen LogP contribution in [-0.2, 0) is 0 Å². The molecule has 0 fully saturated rings. The maximum atomic E-state index is 11.6. The van der Waals surface area contributed by atoms with E-state index in [1.807, 2.05) is 48.5 Å². The normalized spacial score (nSPS) is 14.6. The third kappa shape index (κ3) is 6.51. The molecule has 0 aromatic heterocycles. The highest BCUT2D eigenvalue weighted by atomic mass is 16.3. The van der Waals surface area contributed by atoms with Crippen molar-refractivity contribution in [1.82, 2.24) is 10.6 Å². The molecule has 0 aromatic carbocycles. The molecule has 0 spiro atoms. The topological polar surface area (TPSA) is 61.4 Å². The lowest BCUT2D eigenvalue weighted by molar-refractivity contribution is 0.0151. The Morgan fingerprint density at radius 3 is 2.00 bits per heavy atom. The maximum absolute atomic E-state index is 11.6. The Hall–Kier alpha value is -0.770. The Bertz CT molecular complexity index is 255. The van der Waals surface area contributed by atoms with Gasteiger partial charge >= 0.3 is 6.03 Å². The molecule has 0 heterocycles. The van der Waals surface area contributed by atoms with E-state index in [-0.39, 0.29) is 22.9 Å². The lowest BCUT2D eigenvalue weighted by Crippen LogP contribution is -2.50. The molecule has 1 atom stereocenters. The Morgan fingerprint density at radius 1 is 1.18 bits per heavy atom. The second kappa shape index (κ2) is 5.71. The predicted molar refractivity (Wildman–Crippen MR) is 70.9 cm³/mol. The summed E-state index contributed by atoms with van der Waals surface area (Å²) in [7, 11) is 0. The quantitative estimate of drug-likeness (QED) is 0.709. The Kier molecular flexibility index (Phi) is 5.46. The molecule has 4 nitrogen and oxygen atoms in total. The van der Waals surface area contributed by atoms with Crippen molar-refractivity contribution in [1.29, 1.82) is 0 Å². The van der Waals surface area contributed by atoms with E-state index < -0.39 is 6.10 Å². The number of nitrogens with one attached hydrogen (secondary N) is 2. The molecule has 1 unspecified atom stereocenters. The third-order valence-electron chi connectivity index (χ3n) is 2.63. The van der Waals surface area contributed by atoms with Crippen molar-refractivity contribution in [3.8, 4) is 0 Å². The summed E-state index contributed by atoms with van der Waals surface area (Å²) in [6.45, 7) is 14.1. The van der Waals surface area contributed by atoms with Gasteiger partial charge in [0, 0.05) is 17.5 Å². The van der Waals surface area contributed by atoms with Gasteiger partial charge in [0.25, 0.3) is 0 Å². The monoisotopic (exact) mass is 244 g/mol. The molecule has 0 aliphatic carbocycles. The van der Waals surface area contributed by atoms with Crippen LogP contribution < -0.4 is 10.6 Å². The van der Waals surface area contributed by atoms with Gasteiger partial charge in [-0.25, -0.2) is 4.79 Å². The predicted octanol–water partition coefficient (Wildman–Crippen LogP) is 2.13. The van der Waals surface area contributed by atoms with E-state index in [1.165, 1.54) is 0 Å². The van der Waals surface area contributed by atoms with Crippen LogP contribution in [0.4, 0.5) is 4.79 Å². The van der Waals surface area contributed by atoms with Gasteiger partial charge in [-0.2, -0.15) is 0 Å². The summed E-state index contributed by atoms with van der Waals surface area (Å²) in [5.74, 6) is 0.178. The van der Waals surface area contributed by atoms with Crippen LogP contribution in [0.2, 0.25) is 0 Å². The fourth-order valence-corrected chi connectivity index (χ4v) is 1.70. The van der Waals surface area contributed by atoms with Crippen LogP contribution in [0, 0.1) is 11.3 Å². The minimum atomic E-state index is -0.433. The summed E-state index contributed by atoms with van der Waals surface area (Å²) in [6.07, 6.45) is -0.433. The molecule has 0 aliphatic rings. The zero-order valence-electron chi connectivity index (χ0n) is 12.2. The minimum absolute atomic E-state index is 0.178. The summed E-state index contributed by atoms with van der Waals surface area (Å²) in [4.78, 5) is 11.6. The van der Waals surface area contributed by atoms with Gasteiger partial charge in [0.2, 0.25) is 0 Å². The van der Waals surface area contributed by atoms with Crippen LogP contribution in [0.15, 0.2) is 0 Å². The summed E-state index contributed by atoms with van der Waals surface area (Å²) in [5, 5.41) is 15.7. The van der Waals surface area contributed by atoms with Crippen molar-refractivity contribution < 1.29 is 9.90 Å². The SMILES string of the molecule is CC(C)C(O)C(C)(C)CNC(=O)NC(C)(C)C. The van der Waals surface area contributed by atoms with Gasteiger partial charge in [0.05, 0.1) is 6.10 Å². The number of amides is 2. The largest absolute Gasteiger partial charge is 0.392 e. The zero-order valence-corrected chi connectivity index (χ0v) is 12.2. The van der Waals surface area contributed by atoms with Crippen LogP contribution >= 0.6 is 0 Å². The highest BCUT2D eigenvalue weighted by Gasteiger charge is 2.30. The van der Waals surface area contributed by atoms with Crippen molar-refractivity contribution in [3.63, 3.8) is 0 Å². The lowest BCUT2D eigenvalue weighted by Gasteiger charge is -2.33. The van der Waals surface area contributed by atoms with Crippen LogP contribution in [-0.4, -0.2) is 29.3 Å². The van der Waals surface area contributed by atoms with E-state index in [0.29, 0.717) is 6.54 Å². The Morgan fingerprint density at radius 2 is 1.65 bits per heavy atom. The number of urea groups is 1. The number of carbonyl (C=O) groups is 1. The fourth-order valence-electron chi connectivity index (χ4n) is 1.70. The molecular formula is C13H28N2O2. The van der Waals surface area contributed by atoms with E-state index in [2.05, 4.69) is 10.6 Å². The summed E-state index contributed by atoms with van der Waals surface area (Å²) < 4.78 is 0. The van der Waals surface area contributed by atoms with Gasteiger partial charge < -0.3 is 15.7 Å². The summed E-state index contributed by atoms with van der Waals surface area (Å²) >= 11 is 0. The highest BCUT2D eigenvalue weighted by molar-refractivity contribution is 5.74. The summed E-state index contributed by atoms with van der Waals surface area (Å²) in [5.41, 5.74) is -0.575. The van der Waals surface area contributed by atoms with Crippen LogP contribution in [0.25, 0.3) is 0 Å². The fraction of sp³-hybridized carbons (Fsp3) is 0.923. The first-order valence-electron chi connectivity index (χ1n) is 6.20. The molecule has 0 rings (SSSR count). The molecule has 17 heavy (non-hydrogen) atoms. The second-order valence-corrected chi connectivity index (χ2v) is 6.74. The van der Waals surface area contributed by atoms with E-state index in [1.54, 1.807) is 0 Å². The zero-order chi connectivity index (χ0) is 13.9. The van der Waals surface area contributed by atoms with Gasteiger partial charge in [-0.3, -0.25) is 0 Å². The van der Waals surface area contributed by atoms with Gasteiger partial charge in [-0.05, 0) is 26.7 Å². The van der Waals surface area contributed by atoms with Gasteiger partial charge in [0.1, 0.15) is 0 Å². The highest BCUT2D eigenvalue weighted by Crippen LogP contribution is 2.24. The van der Waals surface area contributed by atoms with Crippen molar-refractivity contribution in [2.45, 2.75) is 60.1 Å². The van der Waals surface area contributed by atoms with E-state index >= 15 is 0 Å². The first-order valence-corrected chi connectivity index (χ1v) is 6.20.